The molecule has 0 bridgehead atoms. The average molecular weight is 313 g/mol. The Bertz CT molecular complexity index is 800. The van der Waals surface area contributed by atoms with Crippen LogP contribution in [0.1, 0.15) is 28.4 Å². The topological polar surface area (TPSA) is 105 Å². The number of phenolic OH excluding ortho intramolecular Hbond substituents is 1. The van der Waals surface area contributed by atoms with Gasteiger partial charge in [-0.1, -0.05) is 18.2 Å². The Morgan fingerprint density at radius 2 is 1.96 bits per heavy atom. The molecule has 0 fully saturated rings. The van der Waals surface area contributed by atoms with Crippen molar-refractivity contribution in [1.82, 2.24) is 5.43 Å². The van der Waals surface area contributed by atoms with E-state index in [4.69, 9.17) is 0 Å². The number of hydrogen-bond donors (Lipinski definition) is 2. The zero-order valence-corrected chi connectivity index (χ0v) is 12.6. The minimum absolute atomic E-state index is 0.0500. The predicted molar refractivity (Wildman–Crippen MR) is 85.6 cm³/mol. The highest BCUT2D eigenvalue weighted by atomic mass is 16.6. The highest BCUT2D eigenvalue weighted by molar-refractivity contribution is 6.02. The number of nitro benzene ring substituents is 1. The second-order valence-electron chi connectivity index (χ2n) is 4.91. The second-order valence-corrected chi connectivity index (χ2v) is 4.91. The molecule has 2 aromatic rings. The van der Waals surface area contributed by atoms with Gasteiger partial charge in [0.2, 0.25) is 0 Å². The third kappa shape index (κ3) is 3.70. The van der Waals surface area contributed by atoms with E-state index in [2.05, 4.69) is 10.5 Å². The van der Waals surface area contributed by atoms with E-state index in [1.54, 1.807) is 32.0 Å². The molecule has 0 aliphatic rings. The fraction of sp³-hybridized carbons (Fsp3) is 0.125. The lowest BCUT2D eigenvalue weighted by atomic mass is 10.1. The number of nitrogens with zero attached hydrogens (tertiary/aromatic N) is 2. The van der Waals surface area contributed by atoms with Gasteiger partial charge in [-0.05, 0) is 32.0 Å². The van der Waals surface area contributed by atoms with Gasteiger partial charge >= 0.3 is 0 Å². The van der Waals surface area contributed by atoms with E-state index < -0.39 is 10.8 Å². The summed E-state index contributed by atoms with van der Waals surface area (Å²) >= 11 is 0. The molecule has 23 heavy (non-hydrogen) atoms. The maximum atomic E-state index is 12.0. The van der Waals surface area contributed by atoms with Gasteiger partial charge in [0.25, 0.3) is 11.6 Å². The standard InChI is InChI=1S/C16H15N3O4/c1-10-7-8-12(9-14(10)19(22)23)16(21)18-17-11(2)13-5-3-4-6-15(13)20/h3-9,20H,1-2H3,(H,18,21)/b17-11-. The van der Waals surface area contributed by atoms with Crippen LogP contribution in [0.2, 0.25) is 0 Å². The highest BCUT2D eigenvalue weighted by Gasteiger charge is 2.15. The lowest BCUT2D eigenvalue weighted by Gasteiger charge is -2.05. The molecule has 0 spiro atoms. The molecule has 0 aliphatic heterocycles. The Kier molecular flexibility index (Phi) is 4.70. The van der Waals surface area contributed by atoms with E-state index in [9.17, 15) is 20.0 Å². The summed E-state index contributed by atoms with van der Waals surface area (Å²) in [5, 5.41) is 24.5. The summed E-state index contributed by atoms with van der Waals surface area (Å²) in [6.45, 7) is 3.23. The largest absolute Gasteiger partial charge is 0.507 e. The van der Waals surface area contributed by atoms with Crippen molar-refractivity contribution in [3.8, 4) is 5.75 Å². The van der Waals surface area contributed by atoms with E-state index in [0.29, 0.717) is 16.8 Å². The molecular formula is C16H15N3O4. The monoisotopic (exact) mass is 313 g/mol. The van der Waals surface area contributed by atoms with E-state index in [1.807, 2.05) is 0 Å². The summed E-state index contributed by atoms with van der Waals surface area (Å²) in [6, 6.07) is 10.8. The molecule has 0 aromatic heterocycles. The molecular weight excluding hydrogens is 298 g/mol. The van der Waals surface area contributed by atoms with Crippen LogP contribution >= 0.6 is 0 Å². The Morgan fingerprint density at radius 1 is 1.26 bits per heavy atom. The first-order valence-electron chi connectivity index (χ1n) is 6.78. The smallest absolute Gasteiger partial charge is 0.273 e. The van der Waals surface area contributed by atoms with Gasteiger partial charge in [0.05, 0.1) is 10.6 Å². The molecule has 7 heteroatoms. The molecule has 0 atom stereocenters. The summed E-state index contributed by atoms with van der Waals surface area (Å²) in [5.74, 6) is -0.517. The highest BCUT2D eigenvalue weighted by Crippen LogP contribution is 2.19. The number of nitrogens with one attached hydrogen (secondary N) is 1. The first kappa shape index (κ1) is 16.2. The number of para-hydroxylation sites is 1. The Hall–Kier alpha value is -3.22. The lowest BCUT2D eigenvalue weighted by Crippen LogP contribution is -2.19. The number of aryl methyl sites for hydroxylation is 1. The van der Waals surface area contributed by atoms with Gasteiger partial charge in [-0.15, -0.1) is 0 Å². The van der Waals surface area contributed by atoms with Gasteiger partial charge in [0.1, 0.15) is 5.75 Å². The number of carbonyl (C=O) groups is 1. The van der Waals surface area contributed by atoms with Crippen LogP contribution in [0.25, 0.3) is 0 Å². The molecule has 118 valence electrons. The van der Waals surface area contributed by atoms with Crippen LogP contribution in [0.3, 0.4) is 0 Å². The molecule has 0 radical (unpaired) electrons. The van der Waals surface area contributed by atoms with Crippen molar-refractivity contribution in [3.63, 3.8) is 0 Å². The summed E-state index contributed by atoms with van der Waals surface area (Å²) < 4.78 is 0. The number of hydrogen-bond acceptors (Lipinski definition) is 5. The Balaban J connectivity index is 2.20. The number of nitro groups is 1. The Labute approximate surface area is 132 Å². The van der Waals surface area contributed by atoms with Crippen molar-refractivity contribution in [1.29, 1.82) is 0 Å². The molecule has 0 unspecified atom stereocenters. The zero-order chi connectivity index (χ0) is 17.0. The third-order valence-electron chi connectivity index (χ3n) is 3.29. The average Bonchev–Trinajstić information content (AvgIpc) is 2.52. The minimum Gasteiger partial charge on any atom is -0.507 e. The van der Waals surface area contributed by atoms with Crippen LogP contribution in [0.5, 0.6) is 5.75 Å². The van der Waals surface area contributed by atoms with Gasteiger partial charge in [0.15, 0.2) is 0 Å². The van der Waals surface area contributed by atoms with Crippen LogP contribution in [-0.2, 0) is 0 Å². The number of carbonyl (C=O) groups excluding carboxylic acids is 1. The Morgan fingerprint density at radius 3 is 2.61 bits per heavy atom. The number of benzene rings is 2. The fourth-order valence-corrected chi connectivity index (χ4v) is 1.99. The molecule has 1 amide bonds. The normalized spacial score (nSPS) is 11.1. The first-order valence-corrected chi connectivity index (χ1v) is 6.78. The third-order valence-corrected chi connectivity index (χ3v) is 3.29. The van der Waals surface area contributed by atoms with Crippen molar-refractivity contribution in [2.75, 3.05) is 0 Å². The van der Waals surface area contributed by atoms with Crippen molar-refractivity contribution >= 4 is 17.3 Å². The molecule has 2 N–H and O–H groups in total. The van der Waals surface area contributed by atoms with Crippen molar-refractivity contribution in [2.45, 2.75) is 13.8 Å². The summed E-state index contributed by atoms with van der Waals surface area (Å²) in [6.07, 6.45) is 0. The summed E-state index contributed by atoms with van der Waals surface area (Å²) in [7, 11) is 0. The summed E-state index contributed by atoms with van der Waals surface area (Å²) in [5.41, 5.74) is 3.71. The van der Waals surface area contributed by atoms with Crippen LogP contribution in [0.4, 0.5) is 5.69 Å². The number of rotatable bonds is 4. The molecule has 7 nitrogen and oxygen atoms in total. The van der Waals surface area contributed by atoms with Crippen LogP contribution in [-0.4, -0.2) is 21.6 Å². The SMILES string of the molecule is C/C(=N/NC(=O)c1ccc(C)c([N+](=O)[O-])c1)c1ccccc1O. The van der Waals surface area contributed by atoms with E-state index in [-0.39, 0.29) is 17.0 Å². The van der Waals surface area contributed by atoms with Crippen molar-refractivity contribution in [3.05, 3.63) is 69.3 Å². The van der Waals surface area contributed by atoms with Gasteiger partial charge in [-0.25, -0.2) is 5.43 Å². The number of amides is 1. The molecule has 0 saturated carbocycles. The van der Waals surface area contributed by atoms with Crippen molar-refractivity contribution in [2.24, 2.45) is 5.10 Å². The molecule has 2 aromatic carbocycles. The number of aromatic hydroxyl groups is 1. The van der Waals surface area contributed by atoms with Crippen LogP contribution in [0, 0.1) is 17.0 Å². The van der Waals surface area contributed by atoms with Gasteiger partial charge < -0.3 is 5.11 Å². The van der Waals surface area contributed by atoms with E-state index in [0.717, 1.165) is 0 Å². The quantitative estimate of drug-likeness (QED) is 0.514. The molecule has 0 heterocycles. The summed E-state index contributed by atoms with van der Waals surface area (Å²) in [4.78, 5) is 22.4. The van der Waals surface area contributed by atoms with Gasteiger partial charge in [-0.2, -0.15) is 5.10 Å². The fourth-order valence-electron chi connectivity index (χ4n) is 1.99. The van der Waals surface area contributed by atoms with E-state index in [1.165, 1.54) is 24.3 Å². The van der Waals surface area contributed by atoms with Crippen molar-refractivity contribution < 1.29 is 14.8 Å². The lowest BCUT2D eigenvalue weighted by molar-refractivity contribution is -0.385. The molecule has 2 rings (SSSR count). The zero-order valence-electron chi connectivity index (χ0n) is 12.6. The second kappa shape index (κ2) is 6.69. The predicted octanol–water partition coefficient (Wildman–Crippen LogP) is 2.76. The maximum Gasteiger partial charge on any atom is 0.273 e. The first-order chi connectivity index (χ1) is 10.9. The maximum absolute atomic E-state index is 12.0. The van der Waals surface area contributed by atoms with E-state index >= 15 is 0 Å². The number of phenols is 1. The van der Waals surface area contributed by atoms with Gasteiger partial charge in [-0.3, -0.25) is 14.9 Å². The number of hydrazone groups is 1. The molecule has 0 saturated heterocycles. The molecule has 0 aliphatic carbocycles. The van der Waals surface area contributed by atoms with Gasteiger partial charge in [0, 0.05) is 22.8 Å². The van der Waals surface area contributed by atoms with Crippen LogP contribution < -0.4 is 5.43 Å². The minimum atomic E-state index is -0.567. The van der Waals surface area contributed by atoms with Crippen LogP contribution in [0.15, 0.2) is 47.6 Å².